The first-order chi connectivity index (χ1) is 16.6. The molecule has 0 radical (unpaired) electrons. The minimum Gasteiger partial charge on any atom is -0.490 e. The van der Waals surface area contributed by atoms with Gasteiger partial charge in [0.05, 0.1) is 0 Å². The number of ether oxygens (including phenoxy) is 2. The second kappa shape index (κ2) is 11.2. The minimum absolute atomic E-state index is 0.185. The van der Waals surface area contributed by atoms with Crippen molar-refractivity contribution in [1.29, 1.82) is 0 Å². The van der Waals surface area contributed by atoms with E-state index in [1.165, 1.54) is 16.7 Å². The van der Waals surface area contributed by atoms with Crippen LogP contribution in [-0.2, 0) is 9.53 Å². The molecule has 0 aromatic heterocycles. The summed E-state index contributed by atoms with van der Waals surface area (Å²) in [5.74, 6) is 0.469. The molecule has 0 fully saturated rings. The summed E-state index contributed by atoms with van der Waals surface area (Å²) in [7, 11) is 0. The van der Waals surface area contributed by atoms with Crippen molar-refractivity contribution < 1.29 is 14.3 Å². The van der Waals surface area contributed by atoms with Crippen LogP contribution in [0.15, 0.2) is 122 Å². The number of hydrogen-bond donors (Lipinski definition) is 0. The molecule has 0 aliphatic heterocycles. The van der Waals surface area contributed by atoms with Gasteiger partial charge in [-0.15, -0.1) is 0 Å². The number of rotatable bonds is 9. The van der Waals surface area contributed by atoms with Crippen molar-refractivity contribution in [2.75, 3.05) is 6.61 Å². The van der Waals surface area contributed by atoms with Gasteiger partial charge in [0.25, 0.3) is 0 Å². The molecule has 4 aromatic rings. The molecule has 4 aromatic carbocycles. The number of esters is 1. The number of carbonyl (C=O) groups excluding carboxylic acids is 1. The van der Waals surface area contributed by atoms with Gasteiger partial charge < -0.3 is 9.47 Å². The summed E-state index contributed by atoms with van der Waals surface area (Å²) < 4.78 is 10.9. The van der Waals surface area contributed by atoms with Gasteiger partial charge in [-0.3, -0.25) is 0 Å². The summed E-state index contributed by atoms with van der Waals surface area (Å²) in [6.07, 6.45) is 0.804. The molecule has 34 heavy (non-hydrogen) atoms. The molecule has 0 bridgehead atoms. The van der Waals surface area contributed by atoms with Crippen LogP contribution in [0.4, 0.5) is 0 Å². The summed E-state index contributed by atoms with van der Waals surface area (Å²) in [5, 5.41) is 0. The molecule has 0 aliphatic carbocycles. The Kier molecular flexibility index (Phi) is 7.56. The second-order valence-corrected chi connectivity index (χ2v) is 8.16. The van der Waals surface area contributed by atoms with E-state index in [1.54, 1.807) is 6.92 Å². The Bertz CT molecular complexity index is 1160. The first-order valence-electron chi connectivity index (χ1n) is 11.4. The molecule has 0 saturated carbocycles. The molecule has 1 atom stereocenters. The van der Waals surface area contributed by atoms with Gasteiger partial charge in [-0.2, -0.15) is 0 Å². The molecule has 0 N–H and O–H groups in total. The predicted molar refractivity (Wildman–Crippen MR) is 137 cm³/mol. The molecule has 1 unspecified atom stereocenters. The largest absolute Gasteiger partial charge is 0.490 e. The van der Waals surface area contributed by atoms with Crippen molar-refractivity contribution in [3.63, 3.8) is 0 Å². The molecule has 0 heterocycles. The van der Waals surface area contributed by atoms with Gasteiger partial charge in [-0.05, 0) is 46.9 Å². The molecule has 0 spiro atoms. The number of benzene rings is 4. The summed E-state index contributed by atoms with van der Waals surface area (Å²) in [6, 6.07) is 37.9. The van der Waals surface area contributed by atoms with E-state index in [4.69, 9.17) is 9.47 Å². The van der Waals surface area contributed by atoms with Gasteiger partial charge in [-0.1, -0.05) is 104 Å². The van der Waals surface area contributed by atoms with E-state index in [1.807, 2.05) is 24.3 Å². The van der Waals surface area contributed by atoms with E-state index in [2.05, 4.69) is 91.5 Å². The Morgan fingerprint density at radius 1 is 0.735 bits per heavy atom. The standard InChI is InChI=1S/C31H28O3/c1-3-30(32)34-23(2)22-33-29-20-18-25(19-21-29)24-14-16-28(17-15-24)31(26-10-6-4-7-11-26)27-12-8-5-9-13-27/h3-21,23,31H,1,22H2,2H3. The molecule has 3 heteroatoms. The summed E-state index contributed by atoms with van der Waals surface area (Å²) in [5.41, 5.74) is 6.06. The topological polar surface area (TPSA) is 35.5 Å². The smallest absolute Gasteiger partial charge is 0.330 e. The van der Waals surface area contributed by atoms with Crippen LogP contribution in [0, 0.1) is 0 Å². The van der Waals surface area contributed by atoms with Crippen LogP contribution >= 0.6 is 0 Å². The molecule has 170 valence electrons. The highest BCUT2D eigenvalue weighted by Crippen LogP contribution is 2.33. The Balaban J connectivity index is 1.48. The molecule has 0 saturated heterocycles. The van der Waals surface area contributed by atoms with E-state index < -0.39 is 5.97 Å². The Hall–Kier alpha value is -4.11. The Morgan fingerprint density at radius 3 is 1.71 bits per heavy atom. The van der Waals surface area contributed by atoms with Gasteiger partial charge >= 0.3 is 5.97 Å². The molecule has 4 rings (SSSR count). The van der Waals surface area contributed by atoms with Gasteiger partial charge in [0.15, 0.2) is 0 Å². The first kappa shape index (κ1) is 23.1. The van der Waals surface area contributed by atoms with Gasteiger partial charge in [0, 0.05) is 12.0 Å². The highest BCUT2D eigenvalue weighted by Gasteiger charge is 2.16. The fourth-order valence-corrected chi connectivity index (χ4v) is 3.97. The van der Waals surface area contributed by atoms with Crippen LogP contribution < -0.4 is 4.74 Å². The Morgan fingerprint density at radius 2 is 1.21 bits per heavy atom. The van der Waals surface area contributed by atoms with Gasteiger partial charge in [-0.25, -0.2) is 4.79 Å². The van der Waals surface area contributed by atoms with Crippen LogP contribution in [0.25, 0.3) is 11.1 Å². The number of carbonyl (C=O) groups is 1. The van der Waals surface area contributed by atoms with Crippen molar-refractivity contribution >= 4 is 5.97 Å². The van der Waals surface area contributed by atoms with E-state index in [-0.39, 0.29) is 18.6 Å². The van der Waals surface area contributed by atoms with E-state index in [0.29, 0.717) is 0 Å². The maximum Gasteiger partial charge on any atom is 0.330 e. The zero-order valence-electron chi connectivity index (χ0n) is 19.3. The van der Waals surface area contributed by atoms with Crippen LogP contribution in [0.2, 0.25) is 0 Å². The summed E-state index contributed by atoms with van der Waals surface area (Å²) >= 11 is 0. The van der Waals surface area contributed by atoms with E-state index in [0.717, 1.165) is 23.0 Å². The predicted octanol–water partition coefficient (Wildman–Crippen LogP) is 7.03. The third kappa shape index (κ3) is 5.81. The average molecular weight is 449 g/mol. The van der Waals surface area contributed by atoms with Crippen molar-refractivity contribution in [2.24, 2.45) is 0 Å². The quantitative estimate of drug-likeness (QED) is 0.157. The average Bonchev–Trinajstić information content (AvgIpc) is 2.89. The Labute approximate surface area is 201 Å². The zero-order chi connectivity index (χ0) is 23.8. The first-order valence-corrected chi connectivity index (χ1v) is 11.4. The van der Waals surface area contributed by atoms with Crippen molar-refractivity contribution in [3.05, 3.63) is 139 Å². The zero-order valence-corrected chi connectivity index (χ0v) is 19.3. The van der Waals surface area contributed by atoms with Gasteiger partial charge in [0.2, 0.25) is 0 Å². The van der Waals surface area contributed by atoms with Crippen molar-refractivity contribution in [2.45, 2.75) is 18.9 Å². The normalized spacial score (nSPS) is 11.6. The van der Waals surface area contributed by atoms with Crippen LogP contribution in [0.5, 0.6) is 5.75 Å². The SMILES string of the molecule is C=CC(=O)OC(C)COc1ccc(-c2ccc(C(c3ccccc3)c3ccccc3)cc2)cc1. The van der Waals surface area contributed by atoms with E-state index >= 15 is 0 Å². The van der Waals surface area contributed by atoms with Gasteiger partial charge in [0.1, 0.15) is 18.5 Å². The summed E-state index contributed by atoms with van der Waals surface area (Å²) in [6.45, 7) is 5.47. The lowest BCUT2D eigenvalue weighted by Crippen LogP contribution is -2.20. The maximum atomic E-state index is 11.3. The maximum absolute atomic E-state index is 11.3. The van der Waals surface area contributed by atoms with Crippen LogP contribution in [0.1, 0.15) is 29.5 Å². The monoisotopic (exact) mass is 448 g/mol. The molecule has 3 nitrogen and oxygen atoms in total. The molecule has 0 amide bonds. The fraction of sp³-hybridized carbons (Fsp3) is 0.129. The van der Waals surface area contributed by atoms with E-state index in [9.17, 15) is 4.79 Å². The molecule has 0 aliphatic rings. The fourth-order valence-electron chi connectivity index (χ4n) is 3.97. The third-order valence-electron chi connectivity index (χ3n) is 5.67. The lowest BCUT2D eigenvalue weighted by molar-refractivity contribution is -0.143. The second-order valence-electron chi connectivity index (χ2n) is 8.16. The van der Waals surface area contributed by atoms with Crippen molar-refractivity contribution in [3.8, 4) is 16.9 Å². The van der Waals surface area contributed by atoms with Crippen molar-refractivity contribution in [1.82, 2.24) is 0 Å². The highest BCUT2D eigenvalue weighted by atomic mass is 16.6. The summed E-state index contributed by atoms with van der Waals surface area (Å²) in [4.78, 5) is 11.3. The lowest BCUT2D eigenvalue weighted by Gasteiger charge is -2.19. The minimum atomic E-state index is -0.448. The highest BCUT2D eigenvalue weighted by molar-refractivity contribution is 5.81. The molecular weight excluding hydrogens is 420 g/mol. The number of hydrogen-bond acceptors (Lipinski definition) is 3. The molecular formula is C31H28O3. The lowest BCUT2D eigenvalue weighted by atomic mass is 9.84. The third-order valence-corrected chi connectivity index (χ3v) is 5.67. The van der Waals surface area contributed by atoms with Crippen LogP contribution in [-0.4, -0.2) is 18.7 Å². The van der Waals surface area contributed by atoms with Crippen LogP contribution in [0.3, 0.4) is 0 Å².